The molecule has 0 unspecified atom stereocenters. The van der Waals surface area contributed by atoms with Crippen molar-refractivity contribution in [1.82, 2.24) is 0 Å². The van der Waals surface area contributed by atoms with Crippen molar-refractivity contribution in [3.8, 4) is 0 Å². The fraction of sp³-hybridized carbons (Fsp3) is 0.267. The maximum Gasteiger partial charge on any atom is 0.460 e. The summed E-state index contributed by atoms with van der Waals surface area (Å²) in [6.45, 7) is 0. The van der Waals surface area contributed by atoms with Gasteiger partial charge in [0.25, 0.3) is 0 Å². The van der Waals surface area contributed by atoms with Gasteiger partial charge in [-0.05, 0) is 23.8 Å². The Hall–Kier alpha value is -0.190. The third kappa shape index (κ3) is 4.12. The molecule has 1 aromatic carbocycles. The summed E-state index contributed by atoms with van der Waals surface area (Å²) in [6, 6.07) is 5.47. The minimum absolute atomic E-state index is 0.0636. The molecule has 11 heteroatoms. The Morgan fingerprint density at radius 3 is 1.85 bits per heavy atom. The van der Waals surface area contributed by atoms with E-state index in [1.807, 2.05) is 0 Å². The van der Waals surface area contributed by atoms with Crippen LogP contribution >= 0.6 is 55.2 Å². The van der Waals surface area contributed by atoms with E-state index in [-0.39, 0.29) is 19.6 Å². The van der Waals surface area contributed by atoms with Gasteiger partial charge in [-0.1, -0.05) is 73.4 Å². The molecule has 143 valence electrons. The van der Waals surface area contributed by atoms with E-state index in [0.717, 1.165) is 12.2 Å². The first-order valence-corrected chi connectivity index (χ1v) is 9.39. The molecule has 0 amide bonds. The molecule has 2 rings (SSSR count). The molecule has 0 nitrogen and oxygen atoms in total. The zero-order chi connectivity index (χ0) is 20.0. The number of allylic oxidation sites excluding steroid dienone is 2. The maximum absolute atomic E-state index is 14.1. The standard InChI is InChI=1S/C15H7Br2ClF7S/c16-8-5-9(17)7-12(6-8,10-3-1-2-4-11(10)18)26-15(24,25)13(19,20)14(21,22)23/h1-7H. The Bertz CT molecular complexity index is 741. The SMILES string of the molecule is FC(F)(F)C(F)(F)C(F)(F)SC1(c2ccccc2Cl)C=C(Br)[CH]C(Br)=C1. The van der Waals surface area contributed by atoms with Gasteiger partial charge >= 0.3 is 17.4 Å². The number of benzene rings is 1. The second kappa shape index (κ2) is 7.33. The van der Waals surface area contributed by atoms with Gasteiger partial charge in [-0.15, -0.1) is 0 Å². The highest BCUT2D eigenvalue weighted by molar-refractivity contribution is 9.12. The van der Waals surface area contributed by atoms with Gasteiger partial charge in [-0.3, -0.25) is 0 Å². The predicted molar refractivity (Wildman–Crippen MR) is 95.0 cm³/mol. The first kappa shape index (κ1) is 22.1. The fourth-order valence-electron chi connectivity index (χ4n) is 2.16. The van der Waals surface area contributed by atoms with Crippen molar-refractivity contribution < 1.29 is 30.7 Å². The molecule has 0 atom stereocenters. The lowest BCUT2D eigenvalue weighted by Gasteiger charge is -2.37. The van der Waals surface area contributed by atoms with Crippen LogP contribution in [-0.4, -0.2) is 17.4 Å². The van der Waals surface area contributed by atoms with Crippen molar-refractivity contribution >= 4 is 55.2 Å². The molecule has 0 fully saturated rings. The monoisotopic (exact) mass is 545 g/mol. The van der Waals surface area contributed by atoms with Gasteiger partial charge in [0, 0.05) is 20.4 Å². The number of hydrogen-bond acceptors (Lipinski definition) is 1. The number of rotatable bonds is 4. The van der Waals surface area contributed by atoms with Crippen LogP contribution in [0.1, 0.15) is 5.56 Å². The fourth-order valence-corrected chi connectivity index (χ4v) is 5.66. The quantitative estimate of drug-likeness (QED) is 0.346. The van der Waals surface area contributed by atoms with E-state index < -0.39 is 33.9 Å². The Morgan fingerprint density at radius 1 is 0.885 bits per heavy atom. The van der Waals surface area contributed by atoms with Crippen LogP contribution in [0.25, 0.3) is 0 Å². The van der Waals surface area contributed by atoms with Gasteiger partial charge in [0.05, 0.1) is 4.75 Å². The Balaban J connectivity index is 2.65. The molecular weight excluding hydrogens is 540 g/mol. The van der Waals surface area contributed by atoms with E-state index in [2.05, 4.69) is 31.9 Å². The summed E-state index contributed by atoms with van der Waals surface area (Å²) in [5.41, 5.74) is -0.0636. The summed E-state index contributed by atoms with van der Waals surface area (Å²) in [5, 5.41) is -5.55. The van der Waals surface area contributed by atoms with Crippen molar-refractivity contribution in [2.45, 2.75) is 22.1 Å². The Labute approximate surface area is 170 Å². The van der Waals surface area contributed by atoms with Crippen molar-refractivity contribution in [3.63, 3.8) is 0 Å². The minimum atomic E-state index is -6.42. The molecule has 0 spiro atoms. The Kier molecular flexibility index (Phi) is 6.23. The molecule has 0 N–H and O–H groups in total. The van der Waals surface area contributed by atoms with Crippen LogP contribution in [0, 0.1) is 6.42 Å². The highest BCUT2D eigenvalue weighted by Crippen LogP contribution is 2.60. The van der Waals surface area contributed by atoms with Gasteiger partial charge in [-0.25, -0.2) is 0 Å². The number of halogens is 10. The lowest BCUT2D eigenvalue weighted by molar-refractivity contribution is -0.330. The maximum atomic E-state index is 14.1. The van der Waals surface area contributed by atoms with E-state index in [4.69, 9.17) is 11.6 Å². The Morgan fingerprint density at radius 2 is 1.38 bits per heavy atom. The summed E-state index contributed by atoms with van der Waals surface area (Å²) >= 11 is 11.3. The van der Waals surface area contributed by atoms with E-state index >= 15 is 0 Å². The molecule has 0 bridgehead atoms. The van der Waals surface area contributed by atoms with Crippen LogP contribution in [0.15, 0.2) is 45.4 Å². The van der Waals surface area contributed by atoms with Crippen LogP contribution in [0.4, 0.5) is 30.7 Å². The first-order chi connectivity index (χ1) is 11.7. The summed E-state index contributed by atoms with van der Waals surface area (Å²) in [6.07, 6.45) is -2.82. The number of thioether (sulfide) groups is 1. The lowest BCUT2D eigenvalue weighted by Crippen LogP contribution is -2.51. The topological polar surface area (TPSA) is 0 Å². The minimum Gasteiger partial charge on any atom is -0.188 e. The summed E-state index contributed by atoms with van der Waals surface area (Å²) in [4.78, 5) is 0. The lowest BCUT2D eigenvalue weighted by atomic mass is 9.93. The first-order valence-electron chi connectivity index (χ1n) is 6.61. The third-order valence-corrected chi connectivity index (χ3v) is 5.85. The average Bonchev–Trinajstić information content (AvgIpc) is 2.44. The molecule has 0 saturated carbocycles. The molecular formula is C15H7Br2ClF7S. The van der Waals surface area contributed by atoms with Gasteiger partial charge < -0.3 is 0 Å². The molecule has 26 heavy (non-hydrogen) atoms. The highest BCUT2D eigenvalue weighted by atomic mass is 79.9. The highest BCUT2D eigenvalue weighted by Gasteiger charge is 2.74. The van der Waals surface area contributed by atoms with Gasteiger partial charge in [0.15, 0.2) is 0 Å². The molecule has 0 aliphatic heterocycles. The van der Waals surface area contributed by atoms with Crippen molar-refractivity contribution in [1.29, 1.82) is 0 Å². The second-order valence-electron chi connectivity index (χ2n) is 5.17. The average molecular weight is 548 g/mol. The smallest absolute Gasteiger partial charge is 0.188 e. The van der Waals surface area contributed by atoms with Crippen LogP contribution in [0.5, 0.6) is 0 Å². The summed E-state index contributed by atoms with van der Waals surface area (Å²) in [5.74, 6) is -6.25. The van der Waals surface area contributed by atoms with E-state index in [1.54, 1.807) is 0 Å². The van der Waals surface area contributed by atoms with Crippen molar-refractivity contribution in [2.24, 2.45) is 0 Å². The zero-order valence-corrected chi connectivity index (χ0v) is 17.0. The van der Waals surface area contributed by atoms with E-state index in [1.165, 1.54) is 30.7 Å². The van der Waals surface area contributed by atoms with Gasteiger partial charge in [0.1, 0.15) is 0 Å². The van der Waals surface area contributed by atoms with Crippen LogP contribution in [0.2, 0.25) is 5.02 Å². The largest absolute Gasteiger partial charge is 0.460 e. The molecule has 1 aromatic rings. The van der Waals surface area contributed by atoms with E-state index in [9.17, 15) is 30.7 Å². The van der Waals surface area contributed by atoms with Crippen molar-refractivity contribution in [2.75, 3.05) is 0 Å². The zero-order valence-electron chi connectivity index (χ0n) is 12.2. The van der Waals surface area contributed by atoms with Crippen LogP contribution in [0.3, 0.4) is 0 Å². The second-order valence-corrected chi connectivity index (χ2v) is 8.80. The normalized spacial score (nSPS) is 18.4. The number of alkyl halides is 7. The summed E-state index contributed by atoms with van der Waals surface area (Å²) < 4.78 is 91.1. The van der Waals surface area contributed by atoms with Gasteiger partial charge in [-0.2, -0.15) is 30.7 Å². The third-order valence-electron chi connectivity index (χ3n) is 3.29. The van der Waals surface area contributed by atoms with Crippen LogP contribution < -0.4 is 0 Å². The van der Waals surface area contributed by atoms with Crippen molar-refractivity contribution in [3.05, 3.63) is 62.4 Å². The summed E-state index contributed by atoms with van der Waals surface area (Å²) in [7, 11) is 0. The molecule has 1 radical (unpaired) electrons. The van der Waals surface area contributed by atoms with Gasteiger partial charge in [0.2, 0.25) is 0 Å². The number of hydrogen-bond donors (Lipinski definition) is 0. The predicted octanol–water partition coefficient (Wildman–Crippen LogP) is 7.83. The van der Waals surface area contributed by atoms with E-state index in [0.29, 0.717) is 0 Å². The molecule has 1 aliphatic rings. The molecule has 1 aliphatic carbocycles. The molecule has 0 saturated heterocycles. The molecule has 0 heterocycles. The molecule has 0 aromatic heterocycles. The van der Waals surface area contributed by atoms with Crippen LogP contribution in [-0.2, 0) is 4.75 Å².